The van der Waals surface area contributed by atoms with Gasteiger partial charge in [-0.1, -0.05) is 0 Å². The highest BCUT2D eigenvalue weighted by atomic mass is 16.5. The average Bonchev–Trinajstić information content (AvgIpc) is 2.25. The predicted molar refractivity (Wildman–Crippen MR) is 52.1 cm³/mol. The Kier molecular flexibility index (Phi) is 4.96. The van der Waals surface area contributed by atoms with E-state index in [4.69, 9.17) is 14.6 Å². The van der Waals surface area contributed by atoms with Crippen molar-refractivity contribution in [3.05, 3.63) is 24.0 Å². The number of aliphatic hydroxyl groups is 1. The van der Waals surface area contributed by atoms with E-state index < -0.39 is 0 Å². The first-order valence-electron chi connectivity index (χ1n) is 4.54. The van der Waals surface area contributed by atoms with Gasteiger partial charge in [0.1, 0.15) is 5.75 Å². The second-order valence-electron chi connectivity index (χ2n) is 2.84. The van der Waals surface area contributed by atoms with Gasteiger partial charge in [-0.2, -0.15) is 0 Å². The molecule has 78 valence electrons. The largest absolute Gasteiger partial charge is 0.493 e. The zero-order valence-electron chi connectivity index (χ0n) is 8.27. The molecule has 1 rings (SSSR count). The molecule has 1 heterocycles. The number of aliphatic hydroxyl groups excluding tert-OH is 1. The number of methoxy groups -OCH3 is 1. The molecule has 4 nitrogen and oxygen atoms in total. The molecule has 4 heteroatoms. The first-order valence-corrected chi connectivity index (χ1v) is 4.54. The third-order valence-electron chi connectivity index (χ3n) is 1.71. The fourth-order valence-corrected chi connectivity index (χ4v) is 1.03. The highest BCUT2D eigenvalue weighted by Crippen LogP contribution is 2.10. The number of nitrogens with zero attached hydrogens (tertiary/aromatic N) is 1. The van der Waals surface area contributed by atoms with Gasteiger partial charge in [-0.3, -0.25) is 4.98 Å². The van der Waals surface area contributed by atoms with Gasteiger partial charge >= 0.3 is 0 Å². The Hall–Kier alpha value is -1.13. The van der Waals surface area contributed by atoms with Crippen LogP contribution in [0, 0.1) is 0 Å². The molecule has 14 heavy (non-hydrogen) atoms. The molecule has 0 unspecified atom stereocenters. The summed E-state index contributed by atoms with van der Waals surface area (Å²) in [6.45, 7) is 1.25. The molecular weight excluding hydrogens is 182 g/mol. The van der Waals surface area contributed by atoms with E-state index >= 15 is 0 Å². The van der Waals surface area contributed by atoms with Crippen LogP contribution in [-0.4, -0.2) is 30.4 Å². The Morgan fingerprint density at radius 1 is 1.43 bits per heavy atom. The van der Waals surface area contributed by atoms with Crippen molar-refractivity contribution in [2.45, 2.75) is 13.0 Å². The van der Waals surface area contributed by atoms with Gasteiger partial charge in [0.15, 0.2) is 0 Å². The van der Waals surface area contributed by atoms with Gasteiger partial charge < -0.3 is 14.6 Å². The van der Waals surface area contributed by atoms with E-state index in [1.807, 2.05) is 0 Å². The first kappa shape index (κ1) is 10.9. The Labute approximate surface area is 83.5 Å². The van der Waals surface area contributed by atoms with Crippen molar-refractivity contribution < 1.29 is 14.6 Å². The van der Waals surface area contributed by atoms with Crippen LogP contribution in [0.4, 0.5) is 0 Å². The predicted octanol–water partition coefficient (Wildman–Crippen LogP) is 0.989. The van der Waals surface area contributed by atoms with Crippen LogP contribution >= 0.6 is 0 Å². The minimum Gasteiger partial charge on any atom is -0.493 e. The van der Waals surface area contributed by atoms with Gasteiger partial charge in [0.05, 0.1) is 18.9 Å². The molecule has 0 amide bonds. The number of ether oxygens (including phenoxy) is 2. The second kappa shape index (κ2) is 6.34. The van der Waals surface area contributed by atoms with Crippen LogP contribution in [0.25, 0.3) is 0 Å². The summed E-state index contributed by atoms with van der Waals surface area (Å²) in [5, 5.41) is 8.83. The molecule has 0 bridgehead atoms. The van der Waals surface area contributed by atoms with Gasteiger partial charge in [-0.05, 0) is 6.07 Å². The smallest absolute Gasteiger partial charge is 0.122 e. The summed E-state index contributed by atoms with van der Waals surface area (Å²) in [6.07, 6.45) is 2.48. The second-order valence-corrected chi connectivity index (χ2v) is 2.84. The maximum atomic E-state index is 8.83. The van der Waals surface area contributed by atoms with E-state index in [0.717, 1.165) is 12.2 Å². The normalized spacial score (nSPS) is 10.1. The molecular formula is C10H15NO3. The van der Waals surface area contributed by atoms with Crippen molar-refractivity contribution in [1.29, 1.82) is 0 Å². The summed E-state index contributed by atoms with van der Waals surface area (Å²) in [7, 11) is 1.66. The van der Waals surface area contributed by atoms with Crippen LogP contribution < -0.4 is 4.74 Å². The first-order chi connectivity index (χ1) is 6.86. The molecule has 0 aliphatic carbocycles. The maximum absolute atomic E-state index is 8.83. The van der Waals surface area contributed by atoms with Gasteiger partial charge in [0.25, 0.3) is 0 Å². The van der Waals surface area contributed by atoms with Crippen LogP contribution in [0.15, 0.2) is 18.3 Å². The number of rotatable bonds is 6. The molecule has 0 aromatic carbocycles. The fraction of sp³-hybridized carbons (Fsp3) is 0.500. The number of aromatic nitrogens is 1. The van der Waals surface area contributed by atoms with E-state index in [2.05, 4.69) is 4.98 Å². The van der Waals surface area contributed by atoms with Crippen LogP contribution in [-0.2, 0) is 11.3 Å². The molecule has 0 atom stereocenters. The van der Waals surface area contributed by atoms with Crippen LogP contribution in [0.1, 0.15) is 12.1 Å². The average molecular weight is 197 g/mol. The monoisotopic (exact) mass is 197 g/mol. The lowest BCUT2D eigenvalue weighted by molar-refractivity contribution is 0.172. The maximum Gasteiger partial charge on any atom is 0.122 e. The van der Waals surface area contributed by atoms with E-state index in [9.17, 15) is 0 Å². The van der Waals surface area contributed by atoms with E-state index in [1.165, 1.54) is 0 Å². The molecule has 0 aliphatic heterocycles. The number of pyridine rings is 1. The van der Waals surface area contributed by atoms with Crippen molar-refractivity contribution in [3.63, 3.8) is 0 Å². The fourth-order valence-electron chi connectivity index (χ4n) is 1.03. The summed E-state index contributed by atoms with van der Waals surface area (Å²) in [4.78, 5) is 3.95. The van der Waals surface area contributed by atoms with Gasteiger partial charge in [-0.25, -0.2) is 0 Å². The zero-order chi connectivity index (χ0) is 10.2. The summed E-state index contributed by atoms with van der Waals surface area (Å²) < 4.78 is 10.3. The summed E-state index contributed by atoms with van der Waals surface area (Å²) in [6, 6.07) is 3.50. The van der Waals surface area contributed by atoms with Crippen LogP contribution in [0.2, 0.25) is 0 Å². The lowest BCUT2D eigenvalue weighted by Crippen LogP contribution is -2.02. The van der Waals surface area contributed by atoms with Crippen molar-refractivity contribution in [2.75, 3.05) is 20.3 Å². The zero-order valence-corrected chi connectivity index (χ0v) is 8.27. The third-order valence-corrected chi connectivity index (χ3v) is 1.71. The molecule has 0 saturated heterocycles. The topological polar surface area (TPSA) is 51.6 Å². The molecule has 0 spiro atoms. The molecule has 0 aliphatic rings. The summed E-state index contributed by atoms with van der Waals surface area (Å²) in [5.74, 6) is 0.736. The minimum absolute atomic E-state index is 0.0602. The van der Waals surface area contributed by atoms with Gasteiger partial charge in [-0.15, -0.1) is 0 Å². The lowest BCUT2D eigenvalue weighted by Gasteiger charge is -2.05. The van der Waals surface area contributed by atoms with Gasteiger partial charge in [0, 0.05) is 32.4 Å². The third kappa shape index (κ3) is 3.72. The molecule has 1 aromatic rings. The molecule has 0 radical (unpaired) electrons. The molecule has 0 fully saturated rings. The Bertz CT molecular complexity index is 265. The minimum atomic E-state index is -0.0602. The van der Waals surface area contributed by atoms with E-state index in [1.54, 1.807) is 25.4 Å². The van der Waals surface area contributed by atoms with Crippen molar-refractivity contribution in [3.8, 4) is 5.75 Å². The standard InChI is InChI=1S/C10H15NO3/c1-13-5-2-6-14-10-3-4-11-9(7-10)8-12/h3-4,7,12H,2,5-6,8H2,1H3. The van der Waals surface area contributed by atoms with Crippen molar-refractivity contribution in [2.24, 2.45) is 0 Å². The Morgan fingerprint density at radius 3 is 3.00 bits per heavy atom. The SMILES string of the molecule is COCCCOc1ccnc(CO)c1. The van der Waals surface area contributed by atoms with E-state index in [0.29, 0.717) is 18.9 Å². The summed E-state index contributed by atoms with van der Waals surface area (Å²) >= 11 is 0. The number of hydrogen-bond acceptors (Lipinski definition) is 4. The van der Waals surface area contributed by atoms with Crippen molar-refractivity contribution in [1.82, 2.24) is 4.98 Å². The van der Waals surface area contributed by atoms with Crippen LogP contribution in [0.3, 0.4) is 0 Å². The molecule has 1 aromatic heterocycles. The van der Waals surface area contributed by atoms with Gasteiger partial charge in [0.2, 0.25) is 0 Å². The van der Waals surface area contributed by atoms with Crippen molar-refractivity contribution >= 4 is 0 Å². The Balaban J connectivity index is 2.34. The Morgan fingerprint density at radius 2 is 2.29 bits per heavy atom. The number of hydrogen-bond donors (Lipinski definition) is 1. The van der Waals surface area contributed by atoms with Crippen LogP contribution in [0.5, 0.6) is 5.75 Å². The summed E-state index contributed by atoms with van der Waals surface area (Å²) in [5.41, 5.74) is 0.620. The molecule has 0 saturated carbocycles. The molecule has 1 N–H and O–H groups in total. The highest BCUT2D eigenvalue weighted by molar-refractivity contribution is 5.22. The highest BCUT2D eigenvalue weighted by Gasteiger charge is 1.96. The quantitative estimate of drug-likeness (QED) is 0.691. The lowest BCUT2D eigenvalue weighted by atomic mass is 10.3. The van der Waals surface area contributed by atoms with E-state index in [-0.39, 0.29) is 6.61 Å².